The Labute approximate surface area is 116 Å². The summed E-state index contributed by atoms with van der Waals surface area (Å²) in [5.41, 5.74) is 3.34. The average molecular weight is 267 g/mol. The molecule has 0 aliphatic rings. The average Bonchev–Trinajstić information content (AvgIpc) is 2.24. The van der Waals surface area contributed by atoms with Gasteiger partial charge in [0.1, 0.15) is 0 Å². The highest BCUT2D eigenvalue weighted by Gasteiger charge is 2.11. The molecule has 1 aromatic carbocycles. The molecule has 3 heteroatoms. The van der Waals surface area contributed by atoms with Gasteiger partial charge in [-0.25, -0.2) is 0 Å². The molecular formula is C14H21NS2. The summed E-state index contributed by atoms with van der Waals surface area (Å²) in [6, 6.07) is 4.02. The third-order valence-electron chi connectivity index (χ3n) is 2.90. The number of rotatable bonds is 5. The molecule has 1 nitrogen and oxygen atoms in total. The molecule has 0 aromatic heterocycles. The molecule has 0 heterocycles. The van der Waals surface area contributed by atoms with E-state index in [0.29, 0.717) is 0 Å². The van der Waals surface area contributed by atoms with Gasteiger partial charge in [0, 0.05) is 34.6 Å². The van der Waals surface area contributed by atoms with Gasteiger partial charge in [-0.15, -0.1) is 25.3 Å². The highest BCUT2D eigenvalue weighted by Crippen LogP contribution is 2.29. The molecule has 0 aliphatic carbocycles. The highest BCUT2D eigenvalue weighted by atomic mass is 32.1. The quantitative estimate of drug-likeness (QED) is 0.753. The van der Waals surface area contributed by atoms with Gasteiger partial charge >= 0.3 is 0 Å². The molecule has 0 N–H and O–H groups in total. The monoisotopic (exact) mass is 267 g/mol. The molecule has 0 unspecified atom stereocenters. The van der Waals surface area contributed by atoms with Crippen molar-refractivity contribution in [2.24, 2.45) is 0 Å². The number of aryl methyl sites for hydroxylation is 1. The Hall–Kier alpha value is -0.540. The fourth-order valence-electron chi connectivity index (χ4n) is 1.85. The summed E-state index contributed by atoms with van der Waals surface area (Å²) in [4.78, 5) is 4.09. The Kier molecular flexibility index (Phi) is 5.47. The first-order chi connectivity index (χ1) is 7.97. The van der Waals surface area contributed by atoms with Gasteiger partial charge in [0.25, 0.3) is 0 Å². The smallest absolute Gasteiger partial charge is 0.0378 e. The van der Waals surface area contributed by atoms with Crippen LogP contribution in [0, 0.1) is 6.92 Å². The van der Waals surface area contributed by atoms with Gasteiger partial charge in [0.05, 0.1) is 0 Å². The summed E-state index contributed by atoms with van der Waals surface area (Å²) in [7, 11) is 2.08. The molecule has 0 atom stereocenters. The van der Waals surface area contributed by atoms with E-state index in [9.17, 15) is 0 Å². The lowest BCUT2D eigenvalue weighted by Crippen LogP contribution is -2.18. The largest absolute Gasteiger partial charge is 0.375 e. The number of hydrogen-bond donors (Lipinski definition) is 2. The minimum Gasteiger partial charge on any atom is -0.375 e. The second-order valence-corrected chi connectivity index (χ2v) is 5.38. The molecule has 0 saturated carbocycles. The lowest BCUT2D eigenvalue weighted by molar-refractivity contribution is 0.462. The Balaban J connectivity index is 2.96. The van der Waals surface area contributed by atoms with Crippen LogP contribution in [0.5, 0.6) is 0 Å². The molecule has 0 bridgehead atoms. The molecule has 0 spiro atoms. The van der Waals surface area contributed by atoms with E-state index in [2.05, 4.69) is 63.7 Å². The second kappa shape index (κ2) is 6.41. The summed E-state index contributed by atoms with van der Waals surface area (Å²) < 4.78 is 0. The first-order valence-corrected chi connectivity index (χ1v) is 6.79. The summed E-state index contributed by atoms with van der Waals surface area (Å²) in [5.74, 6) is 0. The summed E-state index contributed by atoms with van der Waals surface area (Å²) >= 11 is 8.88. The second-order valence-electron chi connectivity index (χ2n) is 4.38. The van der Waals surface area contributed by atoms with Crippen molar-refractivity contribution in [1.82, 2.24) is 4.90 Å². The number of hydrogen-bond acceptors (Lipinski definition) is 3. The Morgan fingerprint density at radius 1 is 1.35 bits per heavy atom. The van der Waals surface area contributed by atoms with E-state index < -0.39 is 0 Å². The van der Waals surface area contributed by atoms with E-state index in [1.54, 1.807) is 0 Å². The zero-order valence-corrected chi connectivity index (χ0v) is 12.6. The maximum atomic E-state index is 4.53. The third-order valence-corrected chi connectivity index (χ3v) is 3.51. The first kappa shape index (κ1) is 14.5. The fraction of sp³-hybridized carbons (Fsp3) is 0.429. The van der Waals surface area contributed by atoms with Gasteiger partial charge in [-0.1, -0.05) is 19.9 Å². The van der Waals surface area contributed by atoms with Crippen molar-refractivity contribution in [3.8, 4) is 0 Å². The predicted molar refractivity (Wildman–Crippen MR) is 82.3 cm³/mol. The SMILES string of the molecule is C=C(c1c(C)cc(S)cc1S)N(C)CCCC. The van der Waals surface area contributed by atoms with Crippen LogP contribution in [-0.2, 0) is 0 Å². The van der Waals surface area contributed by atoms with Gasteiger partial charge in [0.15, 0.2) is 0 Å². The van der Waals surface area contributed by atoms with Gasteiger partial charge < -0.3 is 4.90 Å². The van der Waals surface area contributed by atoms with Crippen LogP contribution < -0.4 is 0 Å². The number of benzene rings is 1. The van der Waals surface area contributed by atoms with Crippen molar-refractivity contribution in [2.75, 3.05) is 13.6 Å². The van der Waals surface area contributed by atoms with Crippen LogP contribution in [0.15, 0.2) is 28.5 Å². The predicted octanol–water partition coefficient (Wildman–Crippen LogP) is 4.28. The van der Waals surface area contributed by atoms with Crippen LogP contribution in [-0.4, -0.2) is 18.5 Å². The standard InChI is InChI=1S/C14H21NS2/c1-5-6-7-15(4)11(3)14-10(2)8-12(16)9-13(14)17/h8-9,16-17H,3,5-7H2,1-2,4H3. The van der Waals surface area contributed by atoms with Crippen molar-refractivity contribution < 1.29 is 0 Å². The molecule has 0 amide bonds. The minimum atomic E-state index is 0.945. The maximum Gasteiger partial charge on any atom is 0.0378 e. The van der Waals surface area contributed by atoms with Crippen LogP contribution in [0.25, 0.3) is 5.70 Å². The summed E-state index contributed by atoms with van der Waals surface area (Å²) in [6.07, 6.45) is 2.38. The van der Waals surface area contributed by atoms with E-state index in [1.807, 2.05) is 6.07 Å². The van der Waals surface area contributed by atoms with Crippen LogP contribution in [0.4, 0.5) is 0 Å². The van der Waals surface area contributed by atoms with Crippen molar-refractivity contribution in [3.63, 3.8) is 0 Å². The number of unbranched alkanes of at least 4 members (excludes halogenated alkanes) is 1. The van der Waals surface area contributed by atoms with E-state index >= 15 is 0 Å². The van der Waals surface area contributed by atoms with Crippen LogP contribution in [0.2, 0.25) is 0 Å². The lowest BCUT2D eigenvalue weighted by Gasteiger charge is -2.24. The Bertz CT molecular complexity index is 390. The van der Waals surface area contributed by atoms with Crippen LogP contribution >= 0.6 is 25.3 Å². The summed E-state index contributed by atoms with van der Waals surface area (Å²) in [5, 5.41) is 0. The van der Waals surface area contributed by atoms with E-state index in [4.69, 9.17) is 0 Å². The van der Waals surface area contributed by atoms with Gasteiger partial charge in [-0.2, -0.15) is 0 Å². The zero-order valence-electron chi connectivity index (χ0n) is 10.8. The Morgan fingerprint density at radius 3 is 2.53 bits per heavy atom. The molecule has 0 radical (unpaired) electrons. The zero-order chi connectivity index (χ0) is 13.0. The van der Waals surface area contributed by atoms with E-state index in [0.717, 1.165) is 27.6 Å². The molecule has 0 fully saturated rings. The molecule has 1 rings (SSSR count). The van der Waals surface area contributed by atoms with E-state index in [1.165, 1.54) is 18.4 Å². The highest BCUT2D eigenvalue weighted by molar-refractivity contribution is 7.81. The van der Waals surface area contributed by atoms with Gasteiger partial charge in [0.2, 0.25) is 0 Å². The lowest BCUT2D eigenvalue weighted by atomic mass is 10.1. The van der Waals surface area contributed by atoms with Crippen LogP contribution in [0.1, 0.15) is 30.9 Å². The number of thiol groups is 2. The topological polar surface area (TPSA) is 3.24 Å². The van der Waals surface area contributed by atoms with Crippen LogP contribution in [0.3, 0.4) is 0 Å². The molecule has 0 saturated heterocycles. The van der Waals surface area contributed by atoms with Crippen molar-refractivity contribution >= 4 is 31.0 Å². The molecule has 17 heavy (non-hydrogen) atoms. The third kappa shape index (κ3) is 3.71. The van der Waals surface area contributed by atoms with Gasteiger partial charge in [-0.05, 0) is 31.0 Å². The molecule has 94 valence electrons. The maximum absolute atomic E-state index is 4.53. The molecule has 1 aromatic rings. The molecular weight excluding hydrogens is 246 g/mol. The van der Waals surface area contributed by atoms with E-state index in [-0.39, 0.29) is 0 Å². The summed E-state index contributed by atoms with van der Waals surface area (Å²) in [6.45, 7) is 9.49. The normalized spacial score (nSPS) is 10.4. The number of nitrogens with zero attached hydrogens (tertiary/aromatic N) is 1. The minimum absolute atomic E-state index is 0.945. The van der Waals surface area contributed by atoms with Crippen molar-refractivity contribution in [2.45, 2.75) is 36.5 Å². The van der Waals surface area contributed by atoms with Crippen molar-refractivity contribution in [1.29, 1.82) is 0 Å². The molecule has 0 aliphatic heterocycles. The first-order valence-electron chi connectivity index (χ1n) is 5.90. The van der Waals surface area contributed by atoms with Gasteiger partial charge in [-0.3, -0.25) is 0 Å². The fourth-order valence-corrected chi connectivity index (χ4v) is 2.72. The Morgan fingerprint density at radius 2 is 2.00 bits per heavy atom. The van der Waals surface area contributed by atoms with Crippen molar-refractivity contribution in [3.05, 3.63) is 29.8 Å².